The fraction of sp³-hybridized carbons (Fsp3) is 0.130. The van der Waals surface area contributed by atoms with E-state index in [-0.39, 0.29) is 18.4 Å². The quantitative estimate of drug-likeness (QED) is 0.501. The number of amides is 2. The fourth-order valence-electron chi connectivity index (χ4n) is 2.79. The minimum Gasteiger partial charge on any atom is -0.495 e. The average molecular weight is 424 g/mol. The zero-order valence-corrected chi connectivity index (χ0v) is 17.4. The number of anilines is 3. The zero-order chi connectivity index (χ0) is 21.5. The largest absolute Gasteiger partial charge is 0.495 e. The molecule has 0 heterocycles. The molecule has 0 saturated heterocycles. The molecule has 154 valence electrons. The van der Waals surface area contributed by atoms with Crippen LogP contribution in [0.1, 0.15) is 15.9 Å². The molecule has 3 aromatic carbocycles. The van der Waals surface area contributed by atoms with Crippen LogP contribution < -0.4 is 20.7 Å². The Morgan fingerprint density at radius 3 is 2.20 bits per heavy atom. The van der Waals surface area contributed by atoms with Crippen LogP contribution >= 0.6 is 11.6 Å². The molecule has 0 saturated carbocycles. The van der Waals surface area contributed by atoms with Crippen molar-refractivity contribution in [3.63, 3.8) is 0 Å². The molecule has 30 heavy (non-hydrogen) atoms. The van der Waals surface area contributed by atoms with Gasteiger partial charge in [0.05, 0.1) is 18.7 Å². The van der Waals surface area contributed by atoms with Crippen LogP contribution in [-0.2, 0) is 4.79 Å². The van der Waals surface area contributed by atoms with Crippen LogP contribution in [0.25, 0.3) is 0 Å². The molecule has 7 heteroatoms. The molecular formula is C23H22ClN3O3. The first-order chi connectivity index (χ1) is 14.4. The van der Waals surface area contributed by atoms with Crippen LogP contribution in [-0.4, -0.2) is 25.5 Å². The predicted molar refractivity (Wildman–Crippen MR) is 121 cm³/mol. The van der Waals surface area contributed by atoms with Gasteiger partial charge in [0.15, 0.2) is 0 Å². The summed E-state index contributed by atoms with van der Waals surface area (Å²) in [6.45, 7) is 2.01. The third kappa shape index (κ3) is 5.75. The molecule has 0 bridgehead atoms. The van der Waals surface area contributed by atoms with Crippen molar-refractivity contribution >= 4 is 40.5 Å². The smallest absolute Gasteiger partial charge is 0.255 e. The van der Waals surface area contributed by atoms with Crippen molar-refractivity contribution in [3.05, 3.63) is 82.9 Å². The lowest BCUT2D eigenvalue weighted by atomic mass is 10.1. The zero-order valence-electron chi connectivity index (χ0n) is 16.7. The van der Waals surface area contributed by atoms with Gasteiger partial charge in [-0.2, -0.15) is 0 Å². The van der Waals surface area contributed by atoms with Gasteiger partial charge in [0.1, 0.15) is 5.75 Å². The summed E-state index contributed by atoms with van der Waals surface area (Å²) < 4.78 is 5.10. The van der Waals surface area contributed by atoms with E-state index < -0.39 is 0 Å². The number of hydrogen-bond donors (Lipinski definition) is 3. The number of ether oxygens (including phenoxy) is 1. The molecule has 0 radical (unpaired) electrons. The van der Waals surface area contributed by atoms with Crippen molar-refractivity contribution in [2.24, 2.45) is 0 Å². The lowest BCUT2D eigenvalue weighted by Crippen LogP contribution is -2.21. The first-order valence-corrected chi connectivity index (χ1v) is 9.68. The maximum atomic E-state index is 12.3. The molecule has 0 fully saturated rings. The Kier molecular flexibility index (Phi) is 6.93. The molecule has 6 nitrogen and oxygen atoms in total. The average Bonchev–Trinajstić information content (AvgIpc) is 2.74. The molecule has 0 aromatic heterocycles. The van der Waals surface area contributed by atoms with E-state index in [1.165, 1.54) is 0 Å². The fourth-order valence-corrected chi connectivity index (χ4v) is 3.05. The Morgan fingerprint density at radius 1 is 0.900 bits per heavy atom. The normalized spacial score (nSPS) is 10.2. The Bertz CT molecular complexity index is 1050. The standard InChI is InChI=1S/C23H22ClN3O3/c1-15-4-3-5-16(12-15)23(29)27-18-8-6-17(7-9-18)26-22(28)14-25-19-10-11-21(30-2)20(24)13-19/h3-13,25H,14H2,1-2H3,(H,26,28)(H,27,29). The summed E-state index contributed by atoms with van der Waals surface area (Å²) >= 11 is 6.08. The molecule has 0 aliphatic heterocycles. The summed E-state index contributed by atoms with van der Waals surface area (Å²) in [5.41, 5.74) is 3.60. The lowest BCUT2D eigenvalue weighted by Gasteiger charge is -2.10. The highest BCUT2D eigenvalue weighted by molar-refractivity contribution is 6.32. The number of hydrogen-bond acceptors (Lipinski definition) is 4. The van der Waals surface area contributed by atoms with Crippen LogP contribution in [0.15, 0.2) is 66.7 Å². The predicted octanol–water partition coefficient (Wildman–Crippen LogP) is 4.96. The number of halogens is 1. The van der Waals surface area contributed by atoms with Gasteiger partial charge in [0.25, 0.3) is 5.91 Å². The molecule has 3 rings (SSSR count). The van der Waals surface area contributed by atoms with Crippen molar-refractivity contribution in [3.8, 4) is 5.75 Å². The van der Waals surface area contributed by atoms with Gasteiger partial charge in [0.2, 0.25) is 5.91 Å². The Morgan fingerprint density at radius 2 is 1.57 bits per heavy atom. The van der Waals surface area contributed by atoms with E-state index in [4.69, 9.17) is 16.3 Å². The molecule has 3 N–H and O–H groups in total. The van der Waals surface area contributed by atoms with E-state index in [1.807, 2.05) is 25.1 Å². The molecule has 0 atom stereocenters. The van der Waals surface area contributed by atoms with Crippen molar-refractivity contribution in [1.29, 1.82) is 0 Å². The van der Waals surface area contributed by atoms with Gasteiger partial charge >= 0.3 is 0 Å². The summed E-state index contributed by atoms with van der Waals surface area (Å²) in [6.07, 6.45) is 0. The van der Waals surface area contributed by atoms with Crippen LogP contribution in [0.4, 0.5) is 17.1 Å². The molecule has 2 amide bonds. The van der Waals surface area contributed by atoms with Crippen molar-refractivity contribution in [2.75, 3.05) is 29.6 Å². The summed E-state index contributed by atoms with van der Waals surface area (Å²) in [7, 11) is 1.54. The molecule has 3 aromatic rings. The van der Waals surface area contributed by atoms with E-state index in [9.17, 15) is 9.59 Å². The number of methoxy groups -OCH3 is 1. The van der Waals surface area contributed by atoms with Crippen molar-refractivity contribution in [1.82, 2.24) is 0 Å². The summed E-state index contributed by atoms with van der Waals surface area (Å²) in [5.74, 6) is 0.178. The highest BCUT2D eigenvalue weighted by Crippen LogP contribution is 2.27. The first kappa shape index (κ1) is 21.2. The van der Waals surface area contributed by atoms with Gasteiger partial charge in [-0.1, -0.05) is 29.3 Å². The van der Waals surface area contributed by atoms with Crippen LogP contribution in [0, 0.1) is 6.92 Å². The van der Waals surface area contributed by atoms with Crippen molar-refractivity contribution in [2.45, 2.75) is 6.92 Å². The number of benzene rings is 3. The first-order valence-electron chi connectivity index (χ1n) is 9.30. The van der Waals surface area contributed by atoms with E-state index in [0.29, 0.717) is 33.4 Å². The maximum absolute atomic E-state index is 12.3. The third-order valence-electron chi connectivity index (χ3n) is 4.31. The molecule has 0 unspecified atom stereocenters. The highest BCUT2D eigenvalue weighted by Gasteiger charge is 2.08. The number of carbonyl (C=O) groups is 2. The second kappa shape index (κ2) is 9.80. The minimum absolute atomic E-state index is 0.0779. The van der Waals surface area contributed by atoms with Gasteiger partial charge in [-0.25, -0.2) is 0 Å². The monoisotopic (exact) mass is 423 g/mol. The highest BCUT2D eigenvalue weighted by atomic mass is 35.5. The topological polar surface area (TPSA) is 79.5 Å². The Hall–Kier alpha value is -3.51. The van der Waals surface area contributed by atoms with Gasteiger partial charge in [-0.15, -0.1) is 0 Å². The SMILES string of the molecule is COc1ccc(NCC(=O)Nc2ccc(NC(=O)c3cccc(C)c3)cc2)cc1Cl. The van der Waals surface area contributed by atoms with E-state index in [0.717, 1.165) is 5.56 Å². The molecule has 0 spiro atoms. The molecular weight excluding hydrogens is 402 g/mol. The summed E-state index contributed by atoms with van der Waals surface area (Å²) in [6, 6.07) is 19.5. The van der Waals surface area contributed by atoms with Gasteiger partial charge in [-0.3, -0.25) is 9.59 Å². The summed E-state index contributed by atoms with van der Waals surface area (Å²) in [4.78, 5) is 24.5. The second-order valence-corrected chi connectivity index (χ2v) is 7.06. The second-order valence-electron chi connectivity index (χ2n) is 6.65. The van der Waals surface area contributed by atoms with Crippen molar-refractivity contribution < 1.29 is 14.3 Å². The maximum Gasteiger partial charge on any atom is 0.255 e. The number of aryl methyl sites for hydroxylation is 1. The Balaban J connectivity index is 1.51. The number of nitrogens with one attached hydrogen (secondary N) is 3. The van der Waals surface area contributed by atoms with E-state index >= 15 is 0 Å². The Labute approximate surface area is 180 Å². The van der Waals surface area contributed by atoms with Crippen LogP contribution in [0.5, 0.6) is 5.75 Å². The minimum atomic E-state index is -0.210. The third-order valence-corrected chi connectivity index (χ3v) is 4.61. The number of carbonyl (C=O) groups excluding carboxylic acids is 2. The number of rotatable bonds is 7. The van der Waals surface area contributed by atoms with Crippen LogP contribution in [0.2, 0.25) is 5.02 Å². The van der Waals surface area contributed by atoms with E-state index in [2.05, 4.69) is 16.0 Å². The summed E-state index contributed by atoms with van der Waals surface area (Å²) in [5, 5.41) is 9.11. The van der Waals surface area contributed by atoms with E-state index in [1.54, 1.807) is 55.6 Å². The molecule has 0 aliphatic rings. The van der Waals surface area contributed by atoms with Gasteiger partial charge < -0.3 is 20.7 Å². The van der Waals surface area contributed by atoms with Gasteiger partial charge in [-0.05, 0) is 61.5 Å². The van der Waals surface area contributed by atoms with Gasteiger partial charge in [0, 0.05) is 22.6 Å². The molecule has 0 aliphatic carbocycles. The lowest BCUT2D eigenvalue weighted by molar-refractivity contribution is -0.114. The van der Waals surface area contributed by atoms with Crippen LogP contribution in [0.3, 0.4) is 0 Å².